The van der Waals surface area contributed by atoms with E-state index in [1.807, 2.05) is 0 Å². The molecule has 0 N–H and O–H groups in total. The van der Waals surface area contributed by atoms with Gasteiger partial charge in [-0.2, -0.15) is 0 Å². The third-order valence-electron chi connectivity index (χ3n) is 9.28. The van der Waals surface area contributed by atoms with Crippen LogP contribution in [-0.2, 0) is 5.41 Å². The van der Waals surface area contributed by atoms with E-state index in [9.17, 15) is 0 Å². The zero-order valence-electron chi connectivity index (χ0n) is 22.5. The maximum absolute atomic E-state index is 2.43. The third kappa shape index (κ3) is 3.00. The van der Waals surface area contributed by atoms with Crippen LogP contribution in [0.25, 0.3) is 55.3 Å². The summed E-state index contributed by atoms with van der Waals surface area (Å²) in [5.74, 6) is 0. The molecule has 2 aliphatic rings. The molecule has 1 unspecified atom stereocenters. The Bertz CT molecular complexity index is 2140. The summed E-state index contributed by atoms with van der Waals surface area (Å²) in [6.45, 7) is 0. The van der Waals surface area contributed by atoms with Crippen LogP contribution in [0.2, 0.25) is 0 Å². The number of hydrogen-bond acceptors (Lipinski definition) is 0. The van der Waals surface area contributed by atoms with E-state index in [1.165, 1.54) is 77.5 Å². The van der Waals surface area contributed by atoms with Crippen LogP contribution in [0.1, 0.15) is 22.3 Å². The van der Waals surface area contributed by atoms with Crippen molar-refractivity contribution in [1.82, 2.24) is 0 Å². The predicted octanol–water partition coefficient (Wildman–Crippen LogP) is 10.5. The van der Waals surface area contributed by atoms with Crippen LogP contribution in [0.15, 0.2) is 158 Å². The lowest BCUT2D eigenvalue weighted by atomic mass is 9.61. The van der Waals surface area contributed by atoms with E-state index in [1.54, 1.807) is 0 Å². The molecular formula is C41H26. The summed E-state index contributed by atoms with van der Waals surface area (Å²) in [5.41, 5.74) is 15.4. The highest BCUT2D eigenvalue weighted by molar-refractivity contribution is 6.07. The van der Waals surface area contributed by atoms with Crippen molar-refractivity contribution in [3.05, 3.63) is 180 Å². The van der Waals surface area contributed by atoms with Crippen molar-refractivity contribution in [2.45, 2.75) is 5.41 Å². The lowest BCUT2D eigenvalue weighted by Gasteiger charge is -2.40. The Balaban J connectivity index is 1.34. The van der Waals surface area contributed by atoms with Crippen molar-refractivity contribution in [3.63, 3.8) is 0 Å². The molecule has 7 aromatic carbocycles. The molecular weight excluding hydrogens is 492 g/mol. The van der Waals surface area contributed by atoms with Crippen molar-refractivity contribution in [2.24, 2.45) is 0 Å². The Labute approximate surface area is 240 Å². The minimum atomic E-state index is -0.360. The third-order valence-corrected chi connectivity index (χ3v) is 9.28. The summed E-state index contributed by atoms with van der Waals surface area (Å²) in [6.07, 6.45) is 0. The molecule has 0 radical (unpaired) electrons. The van der Waals surface area contributed by atoms with Crippen molar-refractivity contribution in [2.75, 3.05) is 0 Å². The molecule has 190 valence electrons. The molecule has 0 heterocycles. The Hall–Kier alpha value is -5.20. The molecule has 0 aromatic heterocycles. The zero-order valence-corrected chi connectivity index (χ0v) is 22.5. The van der Waals surface area contributed by atoms with Gasteiger partial charge in [0.1, 0.15) is 0 Å². The van der Waals surface area contributed by atoms with Gasteiger partial charge in [-0.3, -0.25) is 0 Å². The van der Waals surface area contributed by atoms with Crippen molar-refractivity contribution >= 4 is 10.8 Å². The van der Waals surface area contributed by atoms with Crippen LogP contribution in [-0.4, -0.2) is 0 Å². The Morgan fingerprint density at radius 1 is 0.293 bits per heavy atom. The van der Waals surface area contributed by atoms with Crippen LogP contribution in [0.5, 0.6) is 0 Å². The minimum Gasteiger partial charge on any atom is -0.0622 e. The van der Waals surface area contributed by atoms with E-state index in [4.69, 9.17) is 0 Å². The first-order valence-electron chi connectivity index (χ1n) is 14.4. The van der Waals surface area contributed by atoms with Gasteiger partial charge in [-0.1, -0.05) is 146 Å². The maximum atomic E-state index is 2.43. The van der Waals surface area contributed by atoms with Crippen LogP contribution in [0, 0.1) is 0 Å². The van der Waals surface area contributed by atoms with E-state index < -0.39 is 0 Å². The molecule has 9 rings (SSSR count). The summed E-state index contributed by atoms with van der Waals surface area (Å²) in [4.78, 5) is 0. The van der Waals surface area contributed by atoms with Crippen LogP contribution < -0.4 is 0 Å². The predicted molar refractivity (Wildman–Crippen MR) is 171 cm³/mol. The highest BCUT2D eigenvalue weighted by Crippen LogP contribution is 2.62. The SMILES string of the molecule is c1ccc(-c2cccc(-c3ccc4c(c3)-c3ccccc3C43c4ccccc4-c4cccc5cccc3c45)c2)cc1. The molecule has 1 atom stereocenters. The molecule has 0 heteroatoms. The van der Waals surface area contributed by atoms with Gasteiger partial charge >= 0.3 is 0 Å². The summed E-state index contributed by atoms with van der Waals surface area (Å²) < 4.78 is 0. The van der Waals surface area contributed by atoms with Gasteiger partial charge in [-0.25, -0.2) is 0 Å². The first kappa shape index (κ1) is 22.6. The number of rotatable bonds is 2. The van der Waals surface area contributed by atoms with Gasteiger partial charge in [-0.15, -0.1) is 0 Å². The molecule has 0 bridgehead atoms. The molecule has 0 aliphatic heterocycles. The van der Waals surface area contributed by atoms with Gasteiger partial charge in [0.05, 0.1) is 5.41 Å². The second-order valence-corrected chi connectivity index (χ2v) is 11.3. The molecule has 1 spiro atoms. The van der Waals surface area contributed by atoms with Crippen molar-refractivity contribution in [3.8, 4) is 44.5 Å². The zero-order chi connectivity index (χ0) is 27.0. The average Bonchev–Trinajstić information content (AvgIpc) is 3.34. The molecule has 0 nitrogen and oxygen atoms in total. The Morgan fingerprint density at radius 3 is 1.59 bits per heavy atom. The van der Waals surface area contributed by atoms with E-state index in [0.717, 1.165) is 0 Å². The largest absolute Gasteiger partial charge is 0.0725 e. The van der Waals surface area contributed by atoms with Crippen molar-refractivity contribution in [1.29, 1.82) is 0 Å². The van der Waals surface area contributed by atoms with Gasteiger partial charge in [0, 0.05) is 0 Å². The van der Waals surface area contributed by atoms with Gasteiger partial charge in [0.2, 0.25) is 0 Å². The molecule has 7 aromatic rings. The average molecular weight is 519 g/mol. The van der Waals surface area contributed by atoms with Crippen LogP contribution in [0.4, 0.5) is 0 Å². The Kier molecular flexibility index (Phi) is 4.63. The normalized spacial score (nSPS) is 15.9. The number of hydrogen-bond donors (Lipinski definition) is 0. The Morgan fingerprint density at radius 2 is 0.805 bits per heavy atom. The molecule has 2 aliphatic carbocycles. The molecule has 0 saturated carbocycles. The minimum absolute atomic E-state index is 0.360. The van der Waals surface area contributed by atoms with Crippen LogP contribution >= 0.6 is 0 Å². The highest BCUT2D eigenvalue weighted by Gasteiger charge is 2.49. The van der Waals surface area contributed by atoms with E-state index in [0.29, 0.717) is 0 Å². The quantitative estimate of drug-likeness (QED) is 0.213. The first-order valence-corrected chi connectivity index (χ1v) is 14.4. The summed E-state index contributed by atoms with van der Waals surface area (Å²) in [6, 6.07) is 58.5. The standard InChI is InChI=1S/C41H26/c1-2-11-27(12-3-1)29-15-8-16-30(25-29)31-23-24-38-35(26-31)33-18-5-7-21-37(33)41(38)36-20-6-4-17-32(36)34-19-9-13-28-14-10-22-39(41)40(28)34/h1-26H. The molecule has 0 fully saturated rings. The monoisotopic (exact) mass is 518 g/mol. The maximum Gasteiger partial charge on any atom is 0.0725 e. The fraction of sp³-hybridized carbons (Fsp3) is 0.0244. The van der Waals surface area contributed by atoms with E-state index in [2.05, 4.69) is 158 Å². The van der Waals surface area contributed by atoms with Gasteiger partial charge in [-0.05, 0) is 89.7 Å². The molecule has 0 amide bonds. The smallest absolute Gasteiger partial charge is 0.0622 e. The fourth-order valence-electron chi connectivity index (χ4n) is 7.62. The summed E-state index contributed by atoms with van der Waals surface area (Å²) in [7, 11) is 0. The lowest BCUT2D eigenvalue weighted by Crippen LogP contribution is -2.31. The van der Waals surface area contributed by atoms with Gasteiger partial charge < -0.3 is 0 Å². The first-order chi connectivity index (χ1) is 20.3. The second kappa shape index (κ2) is 8.40. The van der Waals surface area contributed by atoms with E-state index in [-0.39, 0.29) is 5.41 Å². The topological polar surface area (TPSA) is 0 Å². The van der Waals surface area contributed by atoms with Gasteiger partial charge in [0.15, 0.2) is 0 Å². The number of benzene rings is 7. The van der Waals surface area contributed by atoms with Crippen molar-refractivity contribution < 1.29 is 0 Å². The lowest BCUT2D eigenvalue weighted by molar-refractivity contribution is 0.773. The van der Waals surface area contributed by atoms with E-state index >= 15 is 0 Å². The summed E-state index contributed by atoms with van der Waals surface area (Å²) in [5, 5.41) is 2.67. The summed E-state index contributed by atoms with van der Waals surface area (Å²) >= 11 is 0. The second-order valence-electron chi connectivity index (χ2n) is 11.3. The fourth-order valence-corrected chi connectivity index (χ4v) is 7.62. The molecule has 0 saturated heterocycles. The highest BCUT2D eigenvalue weighted by atomic mass is 14.5. The molecule has 41 heavy (non-hydrogen) atoms. The van der Waals surface area contributed by atoms with Crippen LogP contribution in [0.3, 0.4) is 0 Å². The van der Waals surface area contributed by atoms with Gasteiger partial charge in [0.25, 0.3) is 0 Å². The number of fused-ring (bicyclic) bond motifs is 9.